The van der Waals surface area contributed by atoms with Crippen LogP contribution in [-0.2, 0) is 14.1 Å². The lowest BCUT2D eigenvalue weighted by Crippen LogP contribution is -2.15. The number of carbonyl (C=O) groups excluding carboxylic acids is 2. The van der Waals surface area contributed by atoms with E-state index in [9.17, 15) is 9.59 Å². The molecule has 0 bridgehead atoms. The van der Waals surface area contributed by atoms with Gasteiger partial charge in [-0.05, 0) is 29.8 Å². The van der Waals surface area contributed by atoms with Crippen molar-refractivity contribution < 1.29 is 9.59 Å². The number of hydrogen-bond donors (Lipinski definition) is 2. The fraction of sp³-hybridized carbons (Fsp3) is 0.158. The van der Waals surface area contributed by atoms with Crippen LogP contribution in [0.15, 0.2) is 48.8 Å². The molecule has 0 aliphatic carbocycles. The molecule has 3 rings (SSSR count). The van der Waals surface area contributed by atoms with Gasteiger partial charge in [-0.2, -0.15) is 0 Å². The van der Waals surface area contributed by atoms with E-state index < -0.39 is 0 Å². The number of nitrogens with two attached hydrogens (primary N) is 1. The van der Waals surface area contributed by atoms with Crippen molar-refractivity contribution in [2.75, 3.05) is 11.1 Å². The van der Waals surface area contributed by atoms with Gasteiger partial charge in [0, 0.05) is 44.7 Å². The molecule has 2 heterocycles. The summed E-state index contributed by atoms with van der Waals surface area (Å²) in [4.78, 5) is 23.9. The average Bonchev–Trinajstić information content (AvgIpc) is 3.10. The average molecular weight is 336 g/mol. The lowest BCUT2D eigenvalue weighted by molar-refractivity contribution is 0.100. The highest BCUT2D eigenvalue weighted by atomic mass is 16.2. The van der Waals surface area contributed by atoms with Crippen molar-refractivity contribution in [2.45, 2.75) is 6.92 Å². The van der Waals surface area contributed by atoms with Crippen molar-refractivity contribution in [3.05, 3.63) is 60.2 Å². The Bertz CT molecular complexity index is 948. The zero-order chi connectivity index (χ0) is 18.1. The fourth-order valence-corrected chi connectivity index (χ4v) is 2.83. The Kier molecular flexibility index (Phi) is 4.19. The number of amides is 1. The maximum atomic E-state index is 12.3. The molecule has 0 saturated heterocycles. The van der Waals surface area contributed by atoms with Gasteiger partial charge in [-0.15, -0.1) is 0 Å². The second-order valence-electron chi connectivity index (χ2n) is 6.08. The van der Waals surface area contributed by atoms with Crippen LogP contribution in [0.4, 0.5) is 11.4 Å². The number of anilines is 2. The van der Waals surface area contributed by atoms with Gasteiger partial charge in [0.1, 0.15) is 5.69 Å². The molecular formula is C19H20N4O2. The first-order valence-electron chi connectivity index (χ1n) is 7.86. The summed E-state index contributed by atoms with van der Waals surface area (Å²) in [7, 11) is 3.62. The van der Waals surface area contributed by atoms with Gasteiger partial charge in [0.2, 0.25) is 0 Å². The van der Waals surface area contributed by atoms with Crippen molar-refractivity contribution in [3.8, 4) is 11.1 Å². The van der Waals surface area contributed by atoms with E-state index in [-0.39, 0.29) is 11.7 Å². The number of benzene rings is 1. The molecule has 0 radical (unpaired) electrons. The van der Waals surface area contributed by atoms with E-state index >= 15 is 0 Å². The van der Waals surface area contributed by atoms with E-state index in [0.29, 0.717) is 22.8 Å². The van der Waals surface area contributed by atoms with Gasteiger partial charge in [-0.3, -0.25) is 9.59 Å². The molecule has 1 amide bonds. The molecule has 6 nitrogen and oxygen atoms in total. The maximum Gasteiger partial charge on any atom is 0.272 e. The number of ketones is 1. The predicted octanol–water partition coefficient (Wildman–Crippen LogP) is 3.07. The molecular weight excluding hydrogens is 316 g/mol. The Morgan fingerprint density at radius 1 is 0.920 bits per heavy atom. The highest BCUT2D eigenvalue weighted by Crippen LogP contribution is 2.24. The van der Waals surface area contributed by atoms with Crippen LogP contribution in [0.3, 0.4) is 0 Å². The van der Waals surface area contributed by atoms with Gasteiger partial charge in [-0.1, -0.05) is 12.1 Å². The third-order valence-corrected chi connectivity index (χ3v) is 4.10. The maximum absolute atomic E-state index is 12.3. The Morgan fingerprint density at radius 2 is 1.56 bits per heavy atom. The molecule has 0 fully saturated rings. The third-order valence-electron chi connectivity index (χ3n) is 4.10. The standard InChI is InChI=1S/C19H20N4O2/c1-12(24)17-8-14(10-22(17)2)13-4-6-16(7-5-13)21-19(25)18-9-15(20)11-23(18)3/h4-11H,20H2,1-3H3,(H,21,25). The summed E-state index contributed by atoms with van der Waals surface area (Å²) >= 11 is 0. The summed E-state index contributed by atoms with van der Waals surface area (Å²) in [5.74, 6) is -0.190. The number of aromatic nitrogens is 2. The summed E-state index contributed by atoms with van der Waals surface area (Å²) in [5, 5.41) is 2.85. The Hall–Kier alpha value is -3.28. The van der Waals surface area contributed by atoms with E-state index in [0.717, 1.165) is 11.1 Å². The third kappa shape index (κ3) is 3.33. The van der Waals surface area contributed by atoms with Crippen LogP contribution in [0.2, 0.25) is 0 Å². The second-order valence-corrected chi connectivity index (χ2v) is 6.08. The van der Waals surface area contributed by atoms with Crippen LogP contribution >= 0.6 is 0 Å². The first-order valence-corrected chi connectivity index (χ1v) is 7.86. The number of rotatable bonds is 4. The fourth-order valence-electron chi connectivity index (χ4n) is 2.83. The number of nitrogens with zero attached hydrogens (tertiary/aromatic N) is 2. The topological polar surface area (TPSA) is 82.1 Å². The molecule has 0 saturated carbocycles. The molecule has 0 spiro atoms. The number of Topliss-reactive ketones (excluding diaryl/α,β-unsaturated/α-hetero) is 1. The second kappa shape index (κ2) is 6.32. The minimum Gasteiger partial charge on any atom is -0.397 e. The highest BCUT2D eigenvalue weighted by Gasteiger charge is 2.12. The van der Waals surface area contributed by atoms with Gasteiger partial charge in [-0.25, -0.2) is 0 Å². The molecule has 2 aromatic heterocycles. The van der Waals surface area contributed by atoms with Crippen LogP contribution in [0.25, 0.3) is 11.1 Å². The molecule has 1 aromatic carbocycles. The number of hydrogen-bond acceptors (Lipinski definition) is 3. The van der Waals surface area contributed by atoms with Crippen molar-refractivity contribution in [2.24, 2.45) is 14.1 Å². The lowest BCUT2D eigenvalue weighted by atomic mass is 10.1. The van der Waals surface area contributed by atoms with Gasteiger partial charge in [0.05, 0.1) is 11.4 Å². The first-order chi connectivity index (χ1) is 11.8. The van der Waals surface area contributed by atoms with Crippen LogP contribution < -0.4 is 11.1 Å². The Labute approximate surface area is 145 Å². The zero-order valence-corrected chi connectivity index (χ0v) is 14.4. The van der Waals surface area contributed by atoms with E-state index in [1.165, 1.54) is 0 Å². The van der Waals surface area contributed by atoms with Crippen molar-refractivity contribution in [3.63, 3.8) is 0 Å². The smallest absolute Gasteiger partial charge is 0.272 e. The molecule has 0 atom stereocenters. The van der Waals surface area contributed by atoms with Crippen molar-refractivity contribution in [1.82, 2.24) is 9.13 Å². The molecule has 0 aliphatic rings. The highest BCUT2D eigenvalue weighted by molar-refractivity contribution is 6.04. The molecule has 25 heavy (non-hydrogen) atoms. The molecule has 0 aliphatic heterocycles. The minimum absolute atomic E-state index is 0.0273. The molecule has 0 unspecified atom stereocenters. The molecule has 6 heteroatoms. The largest absolute Gasteiger partial charge is 0.397 e. The summed E-state index contributed by atoms with van der Waals surface area (Å²) in [6.45, 7) is 1.55. The Morgan fingerprint density at radius 3 is 2.08 bits per heavy atom. The van der Waals surface area contributed by atoms with Crippen molar-refractivity contribution >= 4 is 23.1 Å². The number of nitrogens with one attached hydrogen (secondary N) is 1. The normalized spacial score (nSPS) is 10.7. The van der Waals surface area contributed by atoms with Crippen molar-refractivity contribution in [1.29, 1.82) is 0 Å². The van der Waals surface area contributed by atoms with Gasteiger partial charge in [0.15, 0.2) is 5.78 Å². The van der Waals surface area contributed by atoms with Crippen LogP contribution in [0.5, 0.6) is 0 Å². The van der Waals surface area contributed by atoms with E-state index in [1.807, 2.05) is 48.1 Å². The summed E-state index contributed by atoms with van der Waals surface area (Å²) < 4.78 is 3.50. The summed E-state index contributed by atoms with van der Waals surface area (Å²) in [6, 6.07) is 11.0. The lowest BCUT2D eigenvalue weighted by Gasteiger charge is -2.07. The zero-order valence-electron chi connectivity index (χ0n) is 14.4. The Balaban J connectivity index is 1.78. The van der Waals surface area contributed by atoms with Gasteiger partial charge in [0.25, 0.3) is 5.91 Å². The number of nitrogen functional groups attached to an aromatic ring is 1. The van der Waals surface area contributed by atoms with E-state index in [1.54, 1.807) is 30.8 Å². The summed E-state index contributed by atoms with van der Waals surface area (Å²) in [5.41, 5.74) is 10.0. The molecule has 3 aromatic rings. The van der Waals surface area contributed by atoms with Crippen LogP contribution in [-0.4, -0.2) is 20.8 Å². The molecule has 128 valence electrons. The number of aryl methyl sites for hydroxylation is 2. The summed E-state index contributed by atoms with van der Waals surface area (Å²) in [6.07, 6.45) is 3.61. The minimum atomic E-state index is -0.217. The van der Waals surface area contributed by atoms with Crippen LogP contribution in [0, 0.1) is 0 Å². The number of carbonyl (C=O) groups is 2. The van der Waals surface area contributed by atoms with Crippen LogP contribution in [0.1, 0.15) is 27.9 Å². The monoisotopic (exact) mass is 336 g/mol. The first kappa shape index (κ1) is 16.6. The molecule has 3 N–H and O–H groups in total. The van der Waals surface area contributed by atoms with E-state index in [4.69, 9.17) is 5.73 Å². The van der Waals surface area contributed by atoms with Gasteiger partial charge < -0.3 is 20.2 Å². The van der Waals surface area contributed by atoms with Gasteiger partial charge >= 0.3 is 0 Å². The predicted molar refractivity (Wildman–Crippen MR) is 98.6 cm³/mol. The SMILES string of the molecule is CC(=O)c1cc(-c2ccc(NC(=O)c3cc(N)cn3C)cc2)cn1C. The quantitative estimate of drug-likeness (QED) is 0.718. The van der Waals surface area contributed by atoms with E-state index in [2.05, 4.69) is 5.32 Å².